The van der Waals surface area contributed by atoms with Crippen molar-refractivity contribution >= 4 is 11.8 Å². The third-order valence-corrected chi connectivity index (χ3v) is 6.84. The van der Waals surface area contributed by atoms with Gasteiger partial charge in [0, 0.05) is 38.7 Å². The number of aromatic nitrogens is 2. The number of rotatable bonds is 6. The third-order valence-electron chi connectivity index (χ3n) is 6.84. The van der Waals surface area contributed by atoms with Gasteiger partial charge in [0.25, 0.3) is 0 Å². The fraction of sp³-hybridized carbons (Fsp3) is 0.783. The topological polar surface area (TPSA) is 106 Å². The second-order valence-electron chi connectivity index (χ2n) is 9.44. The van der Waals surface area contributed by atoms with Crippen LogP contribution in [0.3, 0.4) is 0 Å². The van der Waals surface area contributed by atoms with Crippen LogP contribution in [0.5, 0.6) is 0 Å². The lowest BCUT2D eigenvalue weighted by molar-refractivity contribution is -0.171. The number of hydrogen-bond donors (Lipinski definition) is 2. The van der Waals surface area contributed by atoms with Crippen LogP contribution in [0, 0.1) is 5.92 Å². The van der Waals surface area contributed by atoms with Crippen molar-refractivity contribution < 1.29 is 24.2 Å². The molecule has 4 atom stereocenters. The quantitative estimate of drug-likeness (QED) is 0.667. The van der Waals surface area contributed by atoms with E-state index in [-0.39, 0.29) is 42.6 Å². The van der Waals surface area contributed by atoms with Crippen molar-refractivity contribution in [1.29, 1.82) is 0 Å². The minimum Gasteiger partial charge on any atom is -0.389 e. The van der Waals surface area contributed by atoms with Gasteiger partial charge in [0.2, 0.25) is 11.8 Å². The molecule has 32 heavy (non-hydrogen) atoms. The Kier molecular flexibility index (Phi) is 7.80. The van der Waals surface area contributed by atoms with E-state index in [2.05, 4.69) is 10.3 Å². The van der Waals surface area contributed by atoms with Gasteiger partial charge in [0.05, 0.1) is 49.9 Å². The van der Waals surface area contributed by atoms with Crippen molar-refractivity contribution in [3.05, 3.63) is 18.2 Å². The van der Waals surface area contributed by atoms with Crippen LogP contribution in [0.2, 0.25) is 0 Å². The summed E-state index contributed by atoms with van der Waals surface area (Å²) in [4.78, 5) is 31.8. The van der Waals surface area contributed by atoms with Crippen LogP contribution in [0.1, 0.15) is 50.6 Å². The van der Waals surface area contributed by atoms with Gasteiger partial charge in [-0.05, 0) is 25.7 Å². The lowest BCUT2D eigenvalue weighted by atomic mass is 9.93. The molecule has 178 valence electrons. The van der Waals surface area contributed by atoms with Gasteiger partial charge in [-0.25, -0.2) is 4.98 Å². The lowest BCUT2D eigenvalue weighted by Crippen LogP contribution is -2.58. The van der Waals surface area contributed by atoms with Gasteiger partial charge in [0.1, 0.15) is 6.10 Å². The molecule has 1 aliphatic carbocycles. The van der Waals surface area contributed by atoms with Crippen molar-refractivity contribution in [2.24, 2.45) is 13.0 Å². The molecule has 3 heterocycles. The van der Waals surface area contributed by atoms with E-state index < -0.39 is 6.10 Å². The van der Waals surface area contributed by atoms with Crippen LogP contribution < -0.4 is 5.32 Å². The molecule has 2 aliphatic heterocycles. The Morgan fingerprint density at radius 3 is 2.78 bits per heavy atom. The summed E-state index contributed by atoms with van der Waals surface area (Å²) in [5, 5.41) is 13.2. The number of carbonyl (C=O) groups is 2. The number of β-amino-alcohol motifs (C(OH)–C–C–N with tert-alkyl or cyclic N) is 1. The molecular weight excluding hydrogens is 412 g/mol. The Morgan fingerprint density at radius 2 is 2.03 bits per heavy atom. The summed E-state index contributed by atoms with van der Waals surface area (Å²) in [5.74, 6) is 0.170. The summed E-state index contributed by atoms with van der Waals surface area (Å²) in [7, 11) is 1.92. The highest BCUT2D eigenvalue weighted by Gasteiger charge is 2.41. The van der Waals surface area contributed by atoms with E-state index in [0.717, 1.165) is 37.8 Å². The maximum atomic E-state index is 13.2. The molecule has 1 aromatic rings. The maximum Gasteiger partial charge on any atom is 0.226 e. The predicted octanol–water partition coefficient (Wildman–Crippen LogP) is 0.795. The van der Waals surface area contributed by atoms with E-state index >= 15 is 0 Å². The number of aliphatic hydroxyl groups is 1. The Bertz CT molecular complexity index is 778. The molecule has 0 bridgehead atoms. The number of nitrogens with one attached hydrogen (secondary N) is 1. The largest absolute Gasteiger partial charge is 0.389 e. The molecule has 1 aromatic heterocycles. The van der Waals surface area contributed by atoms with Crippen molar-refractivity contribution in [2.45, 2.75) is 75.7 Å². The zero-order chi connectivity index (χ0) is 22.5. The van der Waals surface area contributed by atoms with Crippen LogP contribution in [0.25, 0.3) is 0 Å². The SMILES string of the molecule is Cn1cnc(CCNC(=O)C[C@@H]2CC[C@@H]3[C@H](COC[C@H](O)CN3C(=O)C3CCCC3)O2)c1. The molecule has 0 aromatic carbocycles. The smallest absolute Gasteiger partial charge is 0.226 e. The summed E-state index contributed by atoms with van der Waals surface area (Å²) in [6.07, 6.45) is 9.06. The third kappa shape index (κ3) is 5.88. The number of ether oxygens (including phenoxy) is 2. The number of carbonyl (C=O) groups excluding carboxylic acids is 2. The van der Waals surface area contributed by atoms with Crippen molar-refractivity contribution in [2.75, 3.05) is 26.3 Å². The molecule has 0 unspecified atom stereocenters. The van der Waals surface area contributed by atoms with Gasteiger partial charge in [-0.1, -0.05) is 12.8 Å². The zero-order valence-electron chi connectivity index (χ0n) is 18.9. The maximum absolute atomic E-state index is 13.2. The Morgan fingerprint density at radius 1 is 1.22 bits per heavy atom. The highest BCUT2D eigenvalue weighted by atomic mass is 16.5. The van der Waals surface area contributed by atoms with Crippen LogP contribution >= 0.6 is 0 Å². The first-order chi connectivity index (χ1) is 15.5. The van der Waals surface area contributed by atoms with Crippen molar-refractivity contribution in [1.82, 2.24) is 19.8 Å². The van der Waals surface area contributed by atoms with E-state index in [1.54, 1.807) is 6.33 Å². The number of amides is 2. The molecular formula is C23H36N4O5. The van der Waals surface area contributed by atoms with E-state index in [4.69, 9.17) is 9.47 Å². The fourth-order valence-electron chi connectivity index (χ4n) is 5.21. The number of aliphatic hydroxyl groups excluding tert-OH is 1. The number of hydrogen-bond acceptors (Lipinski definition) is 6. The molecule has 3 fully saturated rings. The first-order valence-electron chi connectivity index (χ1n) is 11.9. The van der Waals surface area contributed by atoms with Gasteiger partial charge in [-0.2, -0.15) is 0 Å². The first-order valence-corrected chi connectivity index (χ1v) is 11.9. The van der Waals surface area contributed by atoms with Crippen LogP contribution in [-0.4, -0.2) is 82.0 Å². The number of aryl methyl sites for hydroxylation is 1. The molecule has 9 heteroatoms. The summed E-state index contributed by atoms with van der Waals surface area (Å²) in [6.45, 7) is 1.35. The van der Waals surface area contributed by atoms with E-state index in [1.165, 1.54) is 0 Å². The Balaban J connectivity index is 1.30. The average Bonchev–Trinajstić information content (AvgIpc) is 3.43. The molecule has 0 spiro atoms. The first kappa shape index (κ1) is 23.2. The molecule has 1 saturated carbocycles. The van der Waals surface area contributed by atoms with E-state index in [1.807, 2.05) is 22.7 Å². The molecule has 2 N–H and O–H groups in total. The van der Waals surface area contributed by atoms with Crippen molar-refractivity contribution in [3.63, 3.8) is 0 Å². The minimum atomic E-state index is -0.677. The summed E-state index contributed by atoms with van der Waals surface area (Å²) in [6, 6.07) is -0.110. The minimum absolute atomic E-state index is 0.0366. The number of fused-ring (bicyclic) bond motifs is 1. The summed E-state index contributed by atoms with van der Waals surface area (Å²) < 4.78 is 13.8. The summed E-state index contributed by atoms with van der Waals surface area (Å²) >= 11 is 0. The van der Waals surface area contributed by atoms with Crippen LogP contribution in [0.15, 0.2) is 12.5 Å². The second kappa shape index (κ2) is 10.8. The van der Waals surface area contributed by atoms with E-state index in [9.17, 15) is 14.7 Å². The summed E-state index contributed by atoms with van der Waals surface area (Å²) in [5.41, 5.74) is 0.949. The van der Waals surface area contributed by atoms with E-state index in [0.29, 0.717) is 39.0 Å². The van der Waals surface area contributed by atoms with Gasteiger partial charge in [-0.3, -0.25) is 9.59 Å². The highest BCUT2D eigenvalue weighted by molar-refractivity contribution is 5.79. The zero-order valence-corrected chi connectivity index (χ0v) is 18.9. The van der Waals surface area contributed by atoms with Crippen molar-refractivity contribution in [3.8, 4) is 0 Å². The Hall–Kier alpha value is -1.97. The van der Waals surface area contributed by atoms with Crippen LogP contribution in [0.4, 0.5) is 0 Å². The molecule has 9 nitrogen and oxygen atoms in total. The standard InChI is InChI=1S/C23H36N4O5/c1-26-11-17(25-15-26)8-9-24-22(29)10-19-6-7-20-21(32-19)14-31-13-18(28)12-27(20)23(30)16-4-2-3-5-16/h11,15-16,18-21,28H,2-10,12-14H2,1H3,(H,24,29)/t18-,19+,20-,21+/m1/s1. The molecule has 0 radical (unpaired) electrons. The van der Waals surface area contributed by atoms with Gasteiger partial charge in [0.15, 0.2) is 0 Å². The Labute approximate surface area is 189 Å². The average molecular weight is 449 g/mol. The van der Waals surface area contributed by atoms with Crippen LogP contribution in [-0.2, 0) is 32.5 Å². The van der Waals surface area contributed by atoms with Gasteiger partial charge < -0.3 is 29.4 Å². The number of nitrogens with zero attached hydrogens (tertiary/aromatic N) is 3. The lowest BCUT2D eigenvalue weighted by Gasteiger charge is -2.45. The molecule has 2 amide bonds. The second-order valence-corrected chi connectivity index (χ2v) is 9.44. The fourth-order valence-corrected chi connectivity index (χ4v) is 5.21. The predicted molar refractivity (Wildman–Crippen MR) is 117 cm³/mol. The monoisotopic (exact) mass is 448 g/mol. The molecule has 4 rings (SSSR count). The molecule has 3 aliphatic rings. The normalized spacial score (nSPS) is 29.2. The van der Waals surface area contributed by atoms with Gasteiger partial charge in [-0.15, -0.1) is 0 Å². The molecule has 2 saturated heterocycles. The number of imidazole rings is 1. The van der Waals surface area contributed by atoms with Gasteiger partial charge >= 0.3 is 0 Å². The highest BCUT2D eigenvalue weighted by Crippen LogP contribution is 2.32.